The fourth-order valence-electron chi connectivity index (χ4n) is 1.58. The van der Waals surface area contributed by atoms with Crippen LogP contribution in [0.4, 0.5) is 4.39 Å². The summed E-state index contributed by atoms with van der Waals surface area (Å²) >= 11 is 0. The molecule has 0 radical (unpaired) electrons. The first-order valence-corrected chi connectivity index (χ1v) is 5.16. The largest absolute Gasteiger partial charge is 0.394 e. The van der Waals surface area contributed by atoms with E-state index in [1.54, 1.807) is 13.0 Å². The number of aliphatic hydroxyl groups is 1. The molecule has 0 saturated carbocycles. The van der Waals surface area contributed by atoms with Crippen molar-refractivity contribution in [3.8, 4) is 0 Å². The monoisotopic (exact) mass is 211 g/mol. The van der Waals surface area contributed by atoms with Crippen molar-refractivity contribution in [1.29, 1.82) is 0 Å². The maximum Gasteiger partial charge on any atom is 0.126 e. The Labute approximate surface area is 90.1 Å². The van der Waals surface area contributed by atoms with Crippen molar-refractivity contribution in [3.05, 3.63) is 35.1 Å². The van der Waals surface area contributed by atoms with Crippen LogP contribution in [0.5, 0.6) is 0 Å². The molecule has 0 aliphatic heterocycles. The van der Waals surface area contributed by atoms with Crippen LogP contribution in [0, 0.1) is 12.7 Å². The van der Waals surface area contributed by atoms with Crippen molar-refractivity contribution in [3.63, 3.8) is 0 Å². The first kappa shape index (κ1) is 12.1. The lowest BCUT2D eigenvalue weighted by Crippen LogP contribution is -2.42. The molecule has 0 fully saturated rings. The van der Waals surface area contributed by atoms with E-state index in [0.29, 0.717) is 5.56 Å². The molecule has 2 N–H and O–H groups in total. The lowest BCUT2D eigenvalue weighted by molar-refractivity contribution is 0.177. The van der Waals surface area contributed by atoms with Gasteiger partial charge in [-0.2, -0.15) is 0 Å². The van der Waals surface area contributed by atoms with E-state index in [2.05, 4.69) is 5.32 Å². The molecule has 0 aliphatic carbocycles. The third-order valence-electron chi connectivity index (χ3n) is 2.69. The molecule has 1 aromatic carbocycles. The van der Waals surface area contributed by atoms with Gasteiger partial charge < -0.3 is 10.4 Å². The summed E-state index contributed by atoms with van der Waals surface area (Å²) in [4.78, 5) is 0. The molecular weight excluding hydrogens is 193 g/mol. The van der Waals surface area contributed by atoms with Crippen molar-refractivity contribution in [2.24, 2.45) is 0 Å². The summed E-state index contributed by atoms with van der Waals surface area (Å²) in [5, 5.41) is 12.5. The zero-order valence-corrected chi connectivity index (χ0v) is 9.47. The number of rotatable bonds is 4. The number of hydrogen-bond donors (Lipinski definition) is 2. The van der Waals surface area contributed by atoms with Crippen LogP contribution in [0.25, 0.3) is 0 Å². The van der Waals surface area contributed by atoms with Gasteiger partial charge in [-0.3, -0.25) is 0 Å². The molecule has 0 amide bonds. The maximum absolute atomic E-state index is 13.4. The molecule has 1 atom stereocenters. The third-order valence-corrected chi connectivity index (χ3v) is 2.69. The van der Waals surface area contributed by atoms with Crippen LogP contribution in [0.15, 0.2) is 18.2 Å². The molecule has 1 rings (SSSR count). The Morgan fingerprint density at radius 1 is 1.47 bits per heavy atom. The SMILES string of the molecule is CCNC(C)(CO)c1ccc(C)c(F)c1. The van der Waals surface area contributed by atoms with Gasteiger partial charge in [0.25, 0.3) is 0 Å². The highest BCUT2D eigenvalue weighted by molar-refractivity contribution is 5.29. The second kappa shape index (κ2) is 4.73. The van der Waals surface area contributed by atoms with Gasteiger partial charge in [0.1, 0.15) is 5.82 Å². The predicted octanol–water partition coefficient (Wildman–Crippen LogP) is 1.95. The van der Waals surface area contributed by atoms with Crippen LogP contribution < -0.4 is 5.32 Å². The standard InChI is InChI=1S/C12H18FNO/c1-4-14-12(3,8-15)10-6-5-9(2)11(13)7-10/h5-7,14-15H,4,8H2,1-3H3. The van der Waals surface area contributed by atoms with Crippen LogP contribution in [-0.4, -0.2) is 18.3 Å². The second-order valence-electron chi connectivity index (χ2n) is 3.98. The number of halogens is 1. The molecule has 0 aliphatic rings. The van der Waals surface area contributed by atoms with Crippen molar-refractivity contribution >= 4 is 0 Å². The molecule has 3 heteroatoms. The number of nitrogens with one attached hydrogen (secondary N) is 1. The Morgan fingerprint density at radius 2 is 2.13 bits per heavy atom. The van der Waals surface area contributed by atoms with E-state index < -0.39 is 5.54 Å². The second-order valence-corrected chi connectivity index (χ2v) is 3.98. The minimum atomic E-state index is -0.566. The van der Waals surface area contributed by atoms with Gasteiger partial charge in [0, 0.05) is 0 Å². The Bertz CT molecular complexity index is 340. The number of aliphatic hydroxyl groups excluding tert-OH is 1. The smallest absolute Gasteiger partial charge is 0.126 e. The highest BCUT2D eigenvalue weighted by Crippen LogP contribution is 2.22. The molecule has 1 unspecified atom stereocenters. The lowest BCUT2D eigenvalue weighted by atomic mass is 9.92. The van der Waals surface area contributed by atoms with Crippen molar-refractivity contribution in [2.75, 3.05) is 13.2 Å². The highest BCUT2D eigenvalue weighted by atomic mass is 19.1. The van der Waals surface area contributed by atoms with Crippen LogP contribution >= 0.6 is 0 Å². The van der Waals surface area contributed by atoms with Crippen LogP contribution in [0.2, 0.25) is 0 Å². The molecule has 0 bridgehead atoms. The molecule has 84 valence electrons. The molecule has 15 heavy (non-hydrogen) atoms. The highest BCUT2D eigenvalue weighted by Gasteiger charge is 2.24. The molecular formula is C12H18FNO. The molecule has 0 heterocycles. The van der Waals surface area contributed by atoms with Crippen LogP contribution in [-0.2, 0) is 5.54 Å². The molecule has 2 nitrogen and oxygen atoms in total. The maximum atomic E-state index is 13.4. The van der Waals surface area contributed by atoms with Gasteiger partial charge in [-0.25, -0.2) is 4.39 Å². The summed E-state index contributed by atoms with van der Waals surface area (Å²) in [6.07, 6.45) is 0. The summed E-state index contributed by atoms with van der Waals surface area (Å²) < 4.78 is 13.4. The molecule has 1 aromatic rings. The third kappa shape index (κ3) is 2.55. The van der Waals surface area contributed by atoms with Gasteiger partial charge in [-0.1, -0.05) is 19.1 Å². The lowest BCUT2D eigenvalue weighted by Gasteiger charge is -2.29. The van der Waals surface area contributed by atoms with Crippen LogP contribution in [0.3, 0.4) is 0 Å². The Morgan fingerprint density at radius 3 is 2.60 bits per heavy atom. The Kier molecular flexibility index (Phi) is 3.83. The number of likely N-dealkylation sites (N-methyl/N-ethyl adjacent to an activating group) is 1. The first-order chi connectivity index (χ1) is 7.03. The van der Waals surface area contributed by atoms with E-state index in [0.717, 1.165) is 12.1 Å². The minimum Gasteiger partial charge on any atom is -0.394 e. The van der Waals surface area contributed by atoms with E-state index in [4.69, 9.17) is 0 Å². The van der Waals surface area contributed by atoms with Crippen molar-refractivity contribution < 1.29 is 9.50 Å². The average Bonchev–Trinajstić information content (AvgIpc) is 2.22. The first-order valence-electron chi connectivity index (χ1n) is 5.16. The number of aryl methyl sites for hydroxylation is 1. The zero-order chi connectivity index (χ0) is 11.5. The zero-order valence-electron chi connectivity index (χ0n) is 9.47. The summed E-state index contributed by atoms with van der Waals surface area (Å²) in [6, 6.07) is 5.06. The van der Waals surface area contributed by atoms with Gasteiger partial charge in [-0.05, 0) is 37.6 Å². The Hall–Kier alpha value is -0.930. The minimum absolute atomic E-state index is 0.0522. The quantitative estimate of drug-likeness (QED) is 0.798. The Balaban J connectivity index is 3.07. The van der Waals surface area contributed by atoms with Gasteiger partial charge in [0.05, 0.1) is 12.1 Å². The fourth-order valence-corrected chi connectivity index (χ4v) is 1.58. The topological polar surface area (TPSA) is 32.3 Å². The summed E-state index contributed by atoms with van der Waals surface area (Å²) in [5.74, 6) is -0.231. The van der Waals surface area contributed by atoms with E-state index in [1.807, 2.05) is 19.9 Å². The predicted molar refractivity (Wildman–Crippen MR) is 59.3 cm³/mol. The number of benzene rings is 1. The molecule has 0 spiro atoms. The van der Waals surface area contributed by atoms with Crippen molar-refractivity contribution in [1.82, 2.24) is 5.32 Å². The van der Waals surface area contributed by atoms with E-state index in [-0.39, 0.29) is 12.4 Å². The van der Waals surface area contributed by atoms with E-state index in [1.165, 1.54) is 6.07 Å². The number of hydrogen-bond acceptors (Lipinski definition) is 2. The summed E-state index contributed by atoms with van der Waals surface area (Å²) in [7, 11) is 0. The van der Waals surface area contributed by atoms with Crippen molar-refractivity contribution in [2.45, 2.75) is 26.3 Å². The van der Waals surface area contributed by atoms with Crippen LogP contribution in [0.1, 0.15) is 25.0 Å². The molecule has 0 aromatic heterocycles. The fraction of sp³-hybridized carbons (Fsp3) is 0.500. The van der Waals surface area contributed by atoms with Gasteiger partial charge in [0.2, 0.25) is 0 Å². The summed E-state index contributed by atoms with van der Waals surface area (Å²) in [5.41, 5.74) is 0.828. The van der Waals surface area contributed by atoms with Gasteiger partial charge in [-0.15, -0.1) is 0 Å². The average molecular weight is 211 g/mol. The van der Waals surface area contributed by atoms with Gasteiger partial charge in [0.15, 0.2) is 0 Å². The summed E-state index contributed by atoms with van der Waals surface area (Å²) in [6.45, 7) is 6.22. The van der Waals surface area contributed by atoms with Gasteiger partial charge >= 0.3 is 0 Å². The van der Waals surface area contributed by atoms with E-state index in [9.17, 15) is 9.50 Å². The molecule has 0 saturated heterocycles. The van der Waals surface area contributed by atoms with E-state index >= 15 is 0 Å². The normalized spacial score (nSPS) is 15.0.